The average Bonchev–Trinajstić information content (AvgIpc) is 2.25. The predicted octanol–water partition coefficient (Wildman–Crippen LogP) is 0.873. The second-order valence-electron chi connectivity index (χ2n) is 2.37. The van der Waals surface area contributed by atoms with Crippen LogP contribution in [0.5, 0.6) is 5.88 Å². The van der Waals surface area contributed by atoms with Gasteiger partial charge in [-0.1, -0.05) is 0 Å². The molecule has 0 aromatic carbocycles. The SMILES string of the molecule is COc1ncc(C#CC#N)cc1[N+](=O)[O-]. The number of nitriles is 1. The molecule has 0 amide bonds. The maximum Gasteiger partial charge on any atom is 0.332 e. The maximum atomic E-state index is 10.6. The largest absolute Gasteiger partial charge is 0.476 e. The molecule has 6 nitrogen and oxygen atoms in total. The van der Waals surface area contributed by atoms with Crippen LogP contribution in [0.1, 0.15) is 5.56 Å². The summed E-state index contributed by atoms with van der Waals surface area (Å²) in [7, 11) is 1.29. The van der Waals surface area contributed by atoms with Gasteiger partial charge in [-0.25, -0.2) is 4.98 Å². The van der Waals surface area contributed by atoms with E-state index in [1.54, 1.807) is 6.07 Å². The summed E-state index contributed by atoms with van der Waals surface area (Å²) >= 11 is 0. The topological polar surface area (TPSA) is 89.0 Å². The van der Waals surface area contributed by atoms with E-state index in [2.05, 4.69) is 16.8 Å². The molecule has 0 saturated heterocycles. The van der Waals surface area contributed by atoms with Crippen LogP contribution >= 0.6 is 0 Å². The fourth-order valence-electron chi connectivity index (χ4n) is 0.897. The van der Waals surface area contributed by atoms with E-state index in [-0.39, 0.29) is 11.6 Å². The monoisotopic (exact) mass is 203 g/mol. The van der Waals surface area contributed by atoms with Crippen molar-refractivity contribution in [1.82, 2.24) is 4.98 Å². The number of aromatic nitrogens is 1. The van der Waals surface area contributed by atoms with E-state index in [1.165, 1.54) is 19.4 Å². The van der Waals surface area contributed by atoms with Crippen LogP contribution in [-0.4, -0.2) is 17.0 Å². The van der Waals surface area contributed by atoms with Crippen LogP contribution < -0.4 is 4.74 Å². The summed E-state index contributed by atoms with van der Waals surface area (Å²) in [4.78, 5) is 13.7. The molecule has 0 radical (unpaired) electrons. The van der Waals surface area contributed by atoms with E-state index < -0.39 is 4.92 Å². The molecule has 0 spiro atoms. The summed E-state index contributed by atoms with van der Waals surface area (Å²) in [5.41, 5.74) is 0.0197. The third kappa shape index (κ3) is 2.42. The summed E-state index contributed by atoms with van der Waals surface area (Å²) in [6.45, 7) is 0. The number of ether oxygens (including phenoxy) is 1. The smallest absolute Gasteiger partial charge is 0.332 e. The van der Waals surface area contributed by atoms with E-state index in [0.29, 0.717) is 5.56 Å². The van der Waals surface area contributed by atoms with Gasteiger partial charge in [-0.05, 0) is 5.92 Å². The third-order valence-corrected chi connectivity index (χ3v) is 1.49. The van der Waals surface area contributed by atoms with Gasteiger partial charge in [-0.15, -0.1) is 0 Å². The molecule has 1 aromatic rings. The summed E-state index contributed by atoms with van der Waals surface area (Å²) in [5, 5.41) is 18.8. The molecule has 1 rings (SSSR count). The fraction of sp³-hybridized carbons (Fsp3) is 0.111. The molecule has 0 aliphatic heterocycles. The highest BCUT2D eigenvalue weighted by molar-refractivity contribution is 5.48. The molecular weight excluding hydrogens is 198 g/mol. The number of hydrogen-bond acceptors (Lipinski definition) is 5. The maximum absolute atomic E-state index is 10.6. The number of hydrogen-bond donors (Lipinski definition) is 0. The van der Waals surface area contributed by atoms with Crippen molar-refractivity contribution in [2.45, 2.75) is 0 Å². The summed E-state index contributed by atoms with van der Waals surface area (Å²) in [6, 6.07) is 2.81. The van der Waals surface area contributed by atoms with Gasteiger partial charge < -0.3 is 4.74 Å². The molecule has 0 unspecified atom stereocenters. The zero-order valence-corrected chi connectivity index (χ0v) is 7.72. The number of methoxy groups -OCH3 is 1. The molecule has 0 bridgehead atoms. The minimum atomic E-state index is -0.622. The Bertz CT molecular complexity index is 494. The lowest BCUT2D eigenvalue weighted by Crippen LogP contribution is -1.96. The predicted molar refractivity (Wildman–Crippen MR) is 49.9 cm³/mol. The van der Waals surface area contributed by atoms with Gasteiger partial charge in [-0.2, -0.15) is 5.26 Å². The quantitative estimate of drug-likeness (QED) is 0.404. The van der Waals surface area contributed by atoms with Gasteiger partial charge in [0.05, 0.1) is 17.6 Å². The molecule has 0 fully saturated rings. The van der Waals surface area contributed by atoms with E-state index in [0.717, 1.165) is 0 Å². The lowest BCUT2D eigenvalue weighted by molar-refractivity contribution is -0.386. The van der Waals surface area contributed by atoms with Crippen molar-refractivity contribution in [3.63, 3.8) is 0 Å². The Morgan fingerprint density at radius 3 is 2.93 bits per heavy atom. The van der Waals surface area contributed by atoms with Gasteiger partial charge in [0.2, 0.25) is 0 Å². The van der Waals surface area contributed by atoms with E-state index in [4.69, 9.17) is 10.00 Å². The van der Waals surface area contributed by atoms with Gasteiger partial charge in [0.1, 0.15) is 0 Å². The molecular formula is C9H5N3O3. The summed E-state index contributed by atoms with van der Waals surface area (Å²) in [5.74, 6) is 4.45. The zero-order valence-electron chi connectivity index (χ0n) is 7.72. The molecule has 0 N–H and O–H groups in total. The molecule has 1 aromatic heterocycles. The van der Waals surface area contributed by atoms with Gasteiger partial charge in [-0.3, -0.25) is 10.1 Å². The summed E-state index contributed by atoms with van der Waals surface area (Å²) in [6.07, 6.45) is 1.30. The van der Waals surface area contributed by atoms with Gasteiger partial charge in [0.25, 0.3) is 5.88 Å². The van der Waals surface area contributed by atoms with Crippen LogP contribution in [0.2, 0.25) is 0 Å². The normalized spacial score (nSPS) is 8.27. The molecule has 0 atom stereocenters. The number of rotatable bonds is 2. The highest BCUT2D eigenvalue weighted by Gasteiger charge is 2.16. The minimum absolute atomic E-state index is 0.0810. The molecule has 0 aliphatic rings. The highest BCUT2D eigenvalue weighted by Crippen LogP contribution is 2.23. The Labute approximate surface area is 85.3 Å². The van der Waals surface area contributed by atoms with Crippen molar-refractivity contribution >= 4 is 5.69 Å². The second-order valence-corrected chi connectivity index (χ2v) is 2.37. The second kappa shape index (κ2) is 4.58. The van der Waals surface area contributed by atoms with Crippen molar-refractivity contribution in [3.05, 3.63) is 27.9 Å². The molecule has 6 heteroatoms. The van der Waals surface area contributed by atoms with Crippen LogP contribution in [0.15, 0.2) is 12.3 Å². The standard InChI is InChI=1S/C9H5N3O3/c1-15-9-8(12(13)14)5-7(6-11-9)3-2-4-10/h5-6H,1H3. The number of nitro groups is 1. The Morgan fingerprint density at radius 2 is 2.40 bits per heavy atom. The van der Waals surface area contributed by atoms with Crippen molar-refractivity contribution < 1.29 is 9.66 Å². The average molecular weight is 203 g/mol. The van der Waals surface area contributed by atoms with E-state index in [1.807, 2.05) is 0 Å². The number of nitrogens with zero attached hydrogens (tertiary/aromatic N) is 3. The Hall–Kier alpha value is -2.60. The molecule has 0 aliphatic carbocycles. The lowest BCUT2D eigenvalue weighted by atomic mass is 10.2. The first-order valence-corrected chi connectivity index (χ1v) is 3.77. The first-order valence-electron chi connectivity index (χ1n) is 3.77. The van der Waals surface area contributed by atoms with E-state index >= 15 is 0 Å². The van der Waals surface area contributed by atoms with Gasteiger partial charge >= 0.3 is 5.69 Å². The van der Waals surface area contributed by atoms with Crippen LogP contribution in [0.4, 0.5) is 5.69 Å². The Morgan fingerprint density at radius 1 is 1.67 bits per heavy atom. The molecule has 15 heavy (non-hydrogen) atoms. The first kappa shape index (κ1) is 10.5. The third-order valence-electron chi connectivity index (χ3n) is 1.49. The number of pyridine rings is 1. The van der Waals surface area contributed by atoms with Crippen molar-refractivity contribution in [2.24, 2.45) is 0 Å². The fourth-order valence-corrected chi connectivity index (χ4v) is 0.897. The molecule has 74 valence electrons. The van der Waals surface area contributed by atoms with Gasteiger partial charge in [0, 0.05) is 18.2 Å². The van der Waals surface area contributed by atoms with Crippen molar-refractivity contribution in [2.75, 3.05) is 7.11 Å². The van der Waals surface area contributed by atoms with Crippen LogP contribution in [0.3, 0.4) is 0 Å². The highest BCUT2D eigenvalue weighted by atomic mass is 16.6. The van der Waals surface area contributed by atoms with E-state index in [9.17, 15) is 10.1 Å². The first-order chi connectivity index (χ1) is 7.19. The zero-order chi connectivity index (χ0) is 11.3. The van der Waals surface area contributed by atoms with Crippen LogP contribution in [0, 0.1) is 33.3 Å². The van der Waals surface area contributed by atoms with Crippen LogP contribution in [0.25, 0.3) is 0 Å². The van der Waals surface area contributed by atoms with Crippen molar-refractivity contribution in [3.8, 4) is 23.8 Å². The molecule has 1 heterocycles. The van der Waals surface area contributed by atoms with Crippen molar-refractivity contribution in [1.29, 1.82) is 5.26 Å². The minimum Gasteiger partial charge on any atom is -0.476 e. The lowest BCUT2D eigenvalue weighted by Gasteiger charge is -1.99. The Kier molecular flexibility index (Phi) is 3.20. The molecule has 0 saturated carbocycles. The van der Waals surface area contributed by atoms with Gasteiger partial charge in [0.15, 0.2) is 6.07 Å². The van der Waals surface area contributed by atoms with Crippen LogP contribution in [-0.2, 0) is 0 Å². The summed E-state index contributed by atoms with van der Waals surface area (Å²) < 4.78 is 4.70. The Balaban J connectivity index is 3.23.